The van der Waals surface area contributed by atoms with Gasteiger partial charge in [-0.1, -0.05) is 0 Å². The number of hydrogen-bond donors (Lipinski definition) is 0. The summed E-state index contributed by atoms with van der Waals surface area (Å²) in [6.07, 6.45) is 0. The van der Waals surface area contributed by atoms with Gasteiger partial charge in [0.15, 0.2) is 0 Å². The van der Waals surface area contributed by atoms with Crippen molar-refractivity contribution in [1.82, 2.24) is 0 Å². The number of halogens is 3. The van der Waals surface area contributed by atoms with Crippen LogP contribution in [0.25, 0.3) is 0 Å². The van der Waals surface area contributed by atoms with Crippen LogP contribution in [-0.2, 0) is 4.74 Å². The van der Waals surface area contributed by atoms with Crippen LogP contribution in [0.15, 0.2) is 0 Å². The van der Waals surface area contributed by atoms with E-state index in [4.69, 9.17) is 34.4 Å². The minimum Gasteiger partial charge on any atom is -0.385 e. The Hall–Kier alpha value is 0.895. The van der Waals surface area contributed by atoms with Crippen molar-refractivity contribution >= 4 is 39.3 Å². The molecule has 0 atom stereocenters. The van der Waals surface area contributed by atoms with Crippen molar-refractivity contribution in [3.63, 3.8) is 0 Å². The van der Waals surface area contributed by atoms with Gasteiger partial charge in [-0.15, -0.1) is 0 Å². The van der Waals surface area contributed by atoms with Crippen molar-refractivity contribution < 1.29 is 4.74 Å². The van der Waals surface area contributed by atoms with Crippen LogP contribution in [0.3, 0.4) is 0 Å². The lowest BCUT2D eigenvalue weighted by Crippen LogP contribution is -1.73. The number of rotatable bonds is 1. The molecule has 0 aliphatic heterocycles. The van der Waals surface area contributed by atoms with Gasteiger partial charge in [-0.2, -0.15) is 34.4 Å². The van der Waals surface area contributed by atoms with Crippen LogP contribution >= 0.6 is 34.4 Å². The Bertz CT molecular complexity index is 31.0. The molecule has 0 unspecified atom stereocenters. The van der Waals surface area contributed by atoms with Gasteiger partial charge < -0.3 is 4.74 Å². The number of ether oxygens (including phenoxy) is 1. The Balaban J connectivity index is 0. The van der Waals surface area contributed by atoms with Crippen LogP contribution in [0.1, 0.15) is 6.92 Å². The first-order valence-corrected chi connectivity index (χ1v) is 3.37. The zero-order chi connectivity index (χ0) is 6.99. The van der Waals surface area contributed by atoms with Gasteiger partial charge in [0.25, 0.3) is 0 Å². The first-order chi connectivity index (χ1) is 3.65. The van der Waals surface area contributed by atoms with Gasteiger partial charge in [0.1, 0.15) is 0 Å². The van der Waals surface area contributed by atoms with Gasteiger partial charge in [0.2, 0.25) is 0 Å². The molecule has 0 spiro atoms. The fraction of sp³-hybridized carbons (Fsp3) is 1.00. The van der Waals surface area contributed by atoms with Crippen molar-refractivity contribution in [2.75, 3.05) is 13.7 Å². The minimum absolute atomic E-state index is 0.750. The molecule has 0 saturated heterocycles. The van der Waals surface area contributed by atoms with Crippen molar-refractivity contribution in [3.05, 3.63) is 0 Å². The van der Waals surface area contributed by atoms with Gasteiger partial charge >= 0.3 is 4.96 Å². The summed E-state index contributed by atoms with van der Waals surface area (Å²) < 4.78 is 4.54. The first-order valence-electron chi connectivity index (χ1n) is 2.06. The third-order valence-corrected chi connectivity index (χ3v) is 0.289. The van der Waals surface area contributed by atoms with Gasteiger partial charge in [0, 0.05) is 13.7 Å². The van der Waals surface area contributed by atoms with E-state index in [-0.39, 0.29) is 0 Å². The Labute approximate surface area is 65.1 Å². The summed E-state index contributed by atoms with van der Waals surface area (Å²) in [5.74, 6) is 0. The zero-order valence-corrected chi connectivity index (χ0v) is 7.09. The van der Waals surface area contributed by atoms with E-state index in [1.165, 1.54) is 0 Å². The lowest BCUT2D eigenvalue weighted by molar-refractivity contribution is 0.215. The standard InChI is InChI=1S/C3H8O.BCl3/c1-3-4-2;2-1(3)4/h3H2,1-2H3;. The third-order valence-electron chi connectivity index (χ3n) is 0.289. The van der Waals surface area contributed by atoms with Gasteiger partial charge in [0.05, 0.1) is 0 Å². The molecule has 0 radical (unpaired) electrons. The normalized spacial score (nSPS) is 7.12. The predicted molar refractivity (Wildman–Crippen MR) is 40.9 cm³/mol. The molecule has 50 valence electrons. The SMILES string of the molecule is CCOC.ClB(Cl)Cl. The maximum atomic E-state index is 4.81. The number of methoxy groups -OCH3 is 1. The average Bonchev–Trinajstić information content (AvgIpc) is 1.65. The van der Waals surface area contributed by atoms with E-state index in [0.717, 1.165) is 6.61 Å². The molecule has 0 aliphatic carbocycles. The van der Waals surface area contributed by atoms with E-state index in [1.54, 1.807) is 7.11 Å². The molecule has 0 bridgehead atoms. The molecule has 0 amide bonds. The fourth-order valence-electron chi connectivity index (χ4n) is 0. The van der Waals surface area contributed by atoms with E-state index < -0.39 is 4.96 Å². The van der Waals surface area contributed by atoms with E-state index in [2.05, 4.69) is 4.74 Å². The first kappa shape index (κ1) is 11.7. The second kappa shape index (κ2) is 10.8. The maximum Gasteiger partial charge on any atom is 0.450 e. The van der Waals surface area contributed by atoms with E-state index in [0.29, 0.717) is 0 Å². The largest absolute Gasteiger partial charge is 0.450 e. The lowest BCUT2D eigenvalue weighted by Gasteiger charge is -1.76. The van der Waals surface area contributed by atoms with Crippen molar-refractivity contribution in [2.45, 2.75) is 6.92 Å². The highest BCUT2D eigenvalue weighted by molar-refractivity contribution is 7.54. The molecule has 0 aromatic rings. The van der Waals surface area contributed by atoms with Crippen molar-refractivity contribution in [2.24, 2.45) is 0 Å². The molecule has 0 rings (SSSR count). The average molecular weight is 177 g/mol. The van der Waals surface area contributed by atoms with Crippen LogP contribution in [0.2, 0.25) is 0 Å². The number of hydrogen-bond acceptors (Lipinski definition) is 1. The molecular weight excluding hydrogens is 169 g/mol. The predicted octanol–water partition coefficient (Wildman–Crippen LogP) is 2.34. The molecule has 5 heteroatoms. The van der Waals surface area contributed by atoms with Crippen molar-refractivity contribution in [1.29, 1.82) is 0 Å². The van der Waals surface area contributed by atoms with Crippen molar-refractivity contribution in [3.8, 4) is 0 Å². The lowest BCUT2D eigenvalue weighted by atomic mass is 10.7. The summed E-state index contributed by atoms with van der Waals surface area (Å²) >= 11 is 14.4. The maximum absolute atomic E-state index is 4.81. The van der Waals surface area contributed by atoms with E-state index in [1.807, 2.05) is 6.92 Å². The molecule has 0 heterocycles. The van der Waals surface area contributed by atoms with Gasteiger partial charge in [-0.25, -0.2) is 0 Å². The van der Waals surface area contributed by atoms with Crippen LogP contribution in [0.4, 0.5) is 0 Å². The highest BCUT2D eigenvalue weighted by Gasteiger charge is 1.91. The fourth-order valence-corrected chi connectivity index (χ4v) is 0. The molecule has 0 saturated carbocycles. The highest BCUT2D eigenvalue weighted by Crippen LogP contribution is 1.97. The van der Waals surface area contributed by atoms with Gasteiger partial charge in [-0.05, 0) is 6.92 Å². The highest BCUT2D eigenvalue weighted by atomic mass is 35.6. The summed E-state index contributed by atoms with van der Waals surface area (Å²) in [4.78, 5) is -0.750. The molecule has 0 fully saturated rings. The molecule has 8 heavy (non-hydrogen) atoms. The molecule has 0 aliphatic rings. The second-order valence-electron chi connectivity index (χ2n) is 0.825. The van der Waals surface area contributed by atoms with Crippen LogP contribution < -0.4 is 0 Å². The minimum atomic E-state index is -0.750. The quantitative estimate of drug-likeness (QED) is 0.559. The Kier molecular flexibility index (Phi) is 15.7. The van der Waals surface area contributed by atoms with Gasteiger partial charge in [-0.3, -0.25) is 0 Å². The Morgan fingerprint density at radius 2 is 1.50 bits per heavy atom. The summed E-state index contributed by atoms with van der Waals surface area (Å²) in [5, 5.41) is 0. The van der Waals surface area contributed by atoms with E-state index >= 15 is 0 Å². The second-order valence-corrected chi connectivity index (χ2v) is 2.80. The topological polar surface area (TPSA) is 9.23 Å². The molecular formula is C3H8BCl3O. The smallest absolute Gasteiger partial charge is 0.385 e. The summed E-state index contributed by atoms with van der Waals surface area (Å²) in [6, 6.07) is 0. The van der Waals surface area contributed by atoms with Crippen LogP contribution in [0.5, 0.6) is 0 Å². The summed E-state index contributed by atoms with van der Waals surface area (Å²) in [5.41, 5.74) is 0. The molecule has 0 N–H and O–H groups in total. The molecule has 1 nitrogen and oxygen atoms in total. The summed E-state index contributed by atoms with van der Waals surface area (Å²) in [7, 11) is 1.68. The monoisotopic (exact) mass is 176 g/mol. The van der Waals surface area contributed by atoms with Crippen LogP contribution in [0, 0.1) is 0 Å². The Morgan fingerprint density at radius 3 is 1.50 bits per heavy atom. The zero-order valence-electron chi connectivity index (χ0n) is 4.83. The van der Waals surface area contributed by atoms with E-state index in [9.17, 15) is 0 Å². The van der Waals surface area contributed by atoms with Crippen LogP contribution in [-0.4, -0.2) is 18.7 Å². The molecule has 0 aromatic heterocycles. The third kappa shape index (κ3) is 66.7. The Morgan fingerprint density at radius 1 is 1.38 bits per heavy atom. The summed E-state index contributed by atoms with van der Waals surface area (Å²) in [6.45, 7) is 2.78. The molecule has 0 aromatic carbocycles.